The molecule has 122 valence electrons. The molecular weight excluding hydrogens is 306 g/mol. The summed E-state index contributed by atoms with van der Waals surface area (Å²) < 4.78 is 5.55. The molecule has 3 N–H and O–H groups in total. The average molecular weight is 328 g/mol. The van der Waals surface area contributed by atoms with E-state index >= 15 is 0 Å². The van der Waals surface area contributed by atoms with Gasteiger partial charge in [-0.3, -0.25) is 9.59 Å². The second-order valence-electron chi connectivity index (χ2n) is 4.94. The van der Waals surface area contributed by atoms with Gasteiger partial charge in [-0.2, -0.15) is 0 Å². The second kappa shape index (κ2) is 8.60. The highest BCUT2D eigenvalue weighted by Gasteiger charge is 2.27. The normalized spacial score (nSPS) is 15.9. The summed E-state index contributed by atoms with van der Waals surface area (Å²) in [6.07, 6.45) is 0.462. The van der Waals surface area contributed by atoms with Crippen LogP contribution in [0.25, 0.3) is 0 Å². The Hall–Kier alpha value is -1.79. The Morgan fingerprint density at radius 3 is 2.82 bits per heavy atom. The van der Waals surface area contributed by atoms with Crippen LogP contribution in [-0.4, -0.2) is 37.6 Å². The Balaban J connectivity index is 0.00000242. The highest BCUT2D eigenvalue weighted by atomic mass is 35.5. The monoisotopic (exact) mass is 327 g/mol. The van der Waals surface area contributed by atoms with E-state index in [1.54, 1.807) is 25.1 Å². The maximum atomic E-state index is 12.2. The molecule has 0 aromatic heterocycles. The van der Waals surface area contributed by atoms with Gasteiger partial charge >= 0.3 is 0 Å². The third-order valence-electron chi connectivity index (χ3n) is 3.20. The molecule has 2 rings (SSSR count). The van der Waals surface area contributed by atoms with Crippen molar-refractivity contribution in [3.8, 4) is 5.75 Å². The fraction of sp³-hybridized carbons (Fsp3) is 0.467. The van der Waals surface area contributed by atoms with Crippen molar-refractivity contribution in [1.82, 2.24) is 10.6 Å². The van der Waals surface area contributed by atoms with Gasteiger partial charge in [-0.05, 0) is 32.0 Å². The fourth-order valence-electron chi connectivity index (χ4n) is 2.07. The van der Waals surface area contributed by atoms with Crippen LogP contribution in [0.15, 0.2) is 18.2 Å². The van der Waals surface area contributed by atoms with Crippen LogP contribution in [0.3, 0.4) is 0 Å². The first-order valence-electron chi connectivity index (χ1n) is 7.23. The molecule has 1 aliphatic rings. The number of benzene rings is 1. The van der Waals surface area contributed by atoms with E-state index in [-0.39, 0.29) is 24.2 Å². The maximum absolute atomic E-state index is 12.2. The van der Waals surface area contributed by atoms with Crippen LogP contribution in [-0.2, 0) is 4.79 Å². The minimum atomic E-state index is -0.599. The van der Waals surface area contributed by atoms with Crippen LogP contribution in [0.4, 0.5) is 5.69 Å². The first-order valence-corrected chi connectivity index (χ1v) is 7.23. The lowest BCUT2D eigenvalue weighted by atomic mass is 10.1. The van der Waals surface area contributed by atoms with Gasteiger partial charge in [0.15, 0.2) is 11.9 Å². The topological polar surface area (TPSA) is 79.5 Å². The number of carbonyl (C=O) groups excluding carboxylic acids is 2. The number of anilines is 1. The standard InChI is InChI=1S/C15H21N3O3.ClH/c1-3-7-16-8-9-17-15(20)11-5-4-6-12-13(11)21-10(2)14(19)18-12;/h4-6,10,16H,3,7-9H2,1-2H3,(H,17,20)(H,18,19);1H. The molecule has 2 amide bonds. The number of hydrogen-bond donors (Lipinski definition) is 3. The van der Waals surface area contributed by atoms with E-state index in [1.807, 2.05) is 0 Å². The average Bonchev–Trinajstić information content (AvgIpc) is 2.47. The van der Waals surface area contributed by atoms with Crippen molar-refractivity contribution in [2.45, 2.75) is 26.4 Å². The molecule has 0 saturated carbocycles. The van der Waals surface area contributed by atoms with Crippen molar-refractivity contribution in [2.75, 3.05) is 25.0 Å². The Morgan fingerprint density at radius 1 is 1.32 bits per heavy atom. The fourth-order valence-corrected chi connectivity index (χ4v) is 2.07. The lowest BCUT2D eigenvalue weighted by Crippen LogP contribution is -2.36. The Kier molecular flexibility index (Phi) is 7.14. The minimum absolute atomic E-state index is 0. The highest BCUT2D eigenvalue weighted by molar-refractivity contribution is 6.03. The summed E-state index contributed by atoms with van der Waals surface area (Å²) in [5, 5.41) is 8.79. The number of rotatable bonds is 6. The number of halogens is 1. The zero-order valence-corrected chi connectivity index (χ0v) is 13.6. The van der Waals surface area contributed by atoms with Gasteiger partial charge in [0.2, 0.25) is 0 Å². The summed E-state index contributed by atoms with van der Waals surface area (Å²) >= 11 is 0. The molecule has 1 unspecified atom stereocenters. The third-order valence-corrected chi connectivity index (χ3v) is 3.20. The van der Waals surface area contributed by atoms with E-state index in [2.05, 4.69) is 22.9 Å². The molecule has 1 aliphatic heterocycles. The Labute approximate surface area is 136 Å². The summed E-state index contributed by atoms with van der Waals surface area (Å²) in [7, 11) is 0. The summed E-state index contributed by atoms with van der Waals surface area (Å²) in [5.41, 5.74) is 0.977. The zero-order chi connectivity index (χ0) is 15.2. The van der Waals surface area contributed by atoms with Crippen molar-refractivity contribution in [2.24, 2.45) is 0 Å². The molecule has 0 fully saturated rings. The Bertz CT molecular complexity index is 537. The smallest absolute Gasteiger partial charge is 0.265 e. The molecule has 0 spiro atoms. The predicted octanol–water partition coefficient (Wildman–Crippen LogP) is 1.56. The van der Waals surface area contributed by atoms with Crippen molar-refractivity contribution in [1.29, 1.82) is 0 Å². The van der Waals surface area contributed by atoms with Crippen molar-refractivity contribution in [3.63, 3.8) is 0 Å². The zero-order valence-electron chi connectivity index (χ0n) is 12.8. The lowest BCUT2D eigenvalue weighted by molar-refractivity contribution is -0.122. The van der Waals surface area contributed by atoms with Crippen molar-refractivity contribution >= 4 is 29.9 Å². The molecule has 0 saturated heterocycles. The van der Waals surface area contributed by atoms with E-state index in [9.17, 15) is 9.59 Å². The van der Waals surface area contributed by atoms with E-state index in [1.165, 1.54) is 0 Å². The molecule has 1 aromatic carbocycles. The molecule has 0 radical (unpaired) electrons. The molecule has 0 bridgehead atoms. The largest absolute Gasteiger partial charge is 0.478 e. The van der Waals surface area contributed by atoms with Crippen LogP contribution >= 0.6 is 12.4 Å². The number of amides is 2. The highest BCUT2D eigenvalue weighted by Crippen LogP contribution is 2.33. The molecule has 6 nitrogen and oxygen atoms in total. The number of ether oxygens (including phenoxy) is 1. The van der Waals surface area contributed by atoms with Gasteiger partial charge in [0.1, 0.15) is 0 Å². The van der Waals surface area contributed by atoms with Crippen LogP contribution < -0.4 is 20.7 Å². The number of para-hydroxylation sites is 1. The second-order valence-corrected chi connectivity index (χ2v) is 4.94. The van der Waals surface area contributed by atoms with E-state index < -0.39 is 6.10 Å². The van der Waals surface area contributed by atoms with Gasteiger partial charge in [0.25, 0.3) is 11.8 Å². The van der Waals surface area contributed by atoms with E-state index in [0.717, 1.165) is 19.5 Å². The SMILES string of the molecule is CCCNCCNC(=O)c1cccc2c1OC(C)C(=O)N2.Cl. The molecule has 0 aliphatic carbocycles. The number of hydrogen-bond acceptors (Lipinski definition) is 4. The molecule has 1 atom stereocenters. The summed E-state index contributed by atoms with van der Waals surface area (Å²) in [4.78, 5) is 23.8. The maximum Gasteiger partial charge on any atom is 0.265 e. The van der Waals surface area contributed by atoms with Crippen LogP contribution in [0.1, 0.15) is 30.6 Å². The van der Waals surface area contributed by atoms with Crippen molar-refractivity contribution in [3.05, 3.63) is 23.8 Å². The molecular formula is C15H22ClN3O3. The van der Waals surface area contributed by atoms with Gasteiger partial charge in [-0.15, -0.1) is 12.4 Å². The summed E-state index contributed by atoms with van der Waals surface area (Å²) in [6.45, 7) is 5.95. The summed E-state index contributed by atoms with van der Waals surface area (Å²) in [6, 6.07) is 5.14. The number of nitrogens with one attached hydrogen (secondary N) is 3. The van der Waals surface area contributed by atoms with Crippen molar-refractivity contribution < 1.29 is 14.3 Å². The van der Waals surface area contributed by atoms with Gasteiger partial charge < -0.3 is 20.7 Å². The van der Waals surface area contributed by atoms with Gasteiger partial charge in [-0.25, -0.2) is 0 Å². The van der Waals surface area contributed by atoms with Crippen LogP contribution in [0.5, 0.6) is 5.75 Å². The number of fused-ring (bicyclic) bond motifs is 1. The first-order chi connectivity index (χ1) is 10.1. The molecule has 1 aromatic rings. The Morgan fingerprint density at radius 2 is 2.09 bits per heavy atom. The third kappa shape index (κ3) is 4.35. The van der Waals surface area contributed by atoms with Crippen LogP contribution in [0, 0.1) is 0 Å². The van der Waals surface area contributed by atoms with Gasteiger partial charge in [0, 0.05) is 13.1 Å². The van der Waals surface area contributed by atoms with Gasteiger partial charge in [-0.1, -0.05) is 13.0 Å². The van der Waals surface area contributed by atoms with Gasteiger partial charge in [0.05, 0.1) is 11.3 Å². The predicted molar refractivity (Wildman–Crippen MR) is 87.9 cm³/mol. The van der Waals surface area contributed by atoms with Crippen LogP contribution in [0.2, 0.25) is 0 Å². The minimum Gasteiger partial charge on any atom is -0.478 e. The van der Waals surface area contributed by atoms with E-state index in [0.29, 0.717) is 23.5 Å². The molecule has 7 heteroatoms. The molecule has 22 heavy (non-hydrogen) atoms. The first kappa shape index (κ1) is 18.3. The summed E-state index contributed by atoms with van der Waals surface area (Å²) in [5.74, 6) is 0.0286. The molecule has 1 heterocycles. The number of carbonyl (C=O) groups is 2. The lowest BCUT2D eigenvalue weighted by Gasteiger charge is -2.25. The quantitative estimate of drug-likeness (QED) is 0.693. The van der Waals surface area contributed by atoms with E-state index in [4.69, 9.17) is 4.74 Å².